The molecule has 1 fully saturated rings. The molecule has 1 atom stereocenters. The van der Waals surface area contributed by atoms with E-state index in [9.17, 15) is 4.79 Å². The maximum absolute atomic E-state index is 12.0. The Morgan fingerprint density at radius 2 is 2.36 bits per heavy atom. The molecule has 0 amide bonds. The van der Waals surface area contributed by atoms with E-state index in [0.29, 0.717) is 6.61 Å². The van der Waals surface area contributed by atoms with Gasteiger partial charge in [-0.2, -0.15) is 0 Å². The fraction of sp³-hybridized carbons (Fsp3) is 0.545. The Bertz CT molecular complexity index is 348. The van der Waals surface area contributed by atoms with Crippen molar-refractivity contribution < 1.29 is 9.53 Å². The number of hydrogen-bond donors (Lipinski definition) is 0. The topological polar surface area (TPSA) is 26.3 Å². The molecule has 1 unspecified atom stereocenters. The third-order valence-corrected chi connectivity index (χ3v) is 3.57. The summed E-state index contributed by atoms with van der Waals surface area (Å²) in [7, 11) is 0. The Morgan fingerprint density at radius 1 is 1.57 bits per heavy atom. The van der Waals surface area contributed by atoms with Gasteiger partial charge in [0, 0.05) is 27.8 Å². The van der Waals surface area contributed by atoms with Gasteiger partial charge in [0.05, 0.1) is 6.61 Å². The van der Waals surface area contributed by atoms with Crippen LogP contribution in [0.15, 0.2) is 6.07 Å². The highest BCUT2D eigenvalue weighted by molar-refractivity contribution is 7.12. The fourth-order valence-electron chi connectivity index (χ4n) is 1.84. The standard InChI is InChI=1S/C11H14O2S/c1-7-5-10(8(2)14-7)11(12)9-3-4-13-6-9/h5,9H,3-4,6H2,1-2H3. The number of thiophene rings is 1. The maximum Gasteiger partial charge on any atom is 0.169 e. The van der Waals surface area contributed by atoms with E-state index in [-0.39, 0.29) is 11.7 Å². The summed E-state index contributed by atoms with van der Waals surface area (Å²) in [5, 5.41) is 0. The maximum atomic E-state index is 12.0. The van der Waals surface area contributed by atoms with Crippen molar-refractivity contribution >= 4 is 17.1 Å². The van der Waals surface area contributed by atoms with E-state index >= 15 is 0 Å². The molecule has 1 saturated heterocycles. The Labute approximate surface area is 87.9 Å². The molecule has 0 spiro atoms. The van der Waals surface area contributed by atoms with E-state index in [4.69, 9.17) is 4.74 Å². The Kier molecular flexibility index (Phi) is 2.70. The first-order valence-electron chi connectivity index (χ1n) is 4.87. The van der Waals surface area contributed by atoms with Crippen molar-refractivity contribution in [1.29, 1.82) is 0 Å². The number of rotatable bonds is 2. The summed E-state index contributed by atoms with van der Waals surface area (Å²) in [4.78, 5) is 14.4. The van der Waals surface area contributed by atoms with Gasteiger partial charge in [0.2, 0.25) is 0 Å². The second kappa shape index (κ2) is 3.83. The third kappa shape index (κ3) is 1.74. The van der Waals surface area contributed by atoms with Gasteiger partial charge in [-0.05, 0) is 26.3 Å². The third-order valence-electron chi connectivity index (χ3n) is 2.61. The van der Waals surface area contributed by atoms with Crippen LogP contribution in [0.2, 0.25) is 0 Å². The molecule has 0 aliphatic carbocycles. The predicted octanol–water partition coefficient (Wildman–Crippen LogP) is 2.58. The average molecular weight is 210 g/mol. The molecule has 0 bridgehead atoms. The van der Waals surface area contributed by atoms with Crippen LogP contribution < -0.4 is 0 Å². The zero-order valence-corrected chi connectivity index (χ0v) is 9.32. The SMILES string of the molecule is Cc1cc(C(=O)C2CCOC2)c(C)s1. The fourth-order valence-corrected chi connectivity index (χ4v) is 2.77. The summed E-state index contributed by atoms with van der Waals surface area (Å²) >= 11 is 1.69. The molecule has 1 aromatic heterocycles. The van der Waals surface area contributed by atoms with Crippen LogP contribution in [0.5, 0.6) is 0 Å². The van der Waals surface area contributed by atoms with Crippen molar-refractivity contribution in [3.8, 4) is 0 Å². The van der Waals surface area contributed by atoms with Crippen molar-refractivity contribution in [3.05, 3.63) is 21.4 Å². The normalized spacial score (nSPS) is 21.4. The number of carbonyl (C=O) groups is 1. The van der Waals surface area contributed by atoms with Crippen LogP contribution in [0.25, 0.3) is 0 Å². The lowest BCUT2D eigenvalue weighted by atomic mass is 9.97. The molecular weight excluding hydrogens is 196 g/mol. The summed E-state index contributed by atoms with van der Waals surface area (Å²) in [6, 6.07) is 2.00. The minimum atomic E-state index is 0.0997. The van der Waals surface area contributed by atoms with Gasteiger partial charge in [-0.25, -0.2) is 0 Å². The van der Waals surface area contributed by atoms with Gasteiger partial charge < -0.3 is 4.74 Å². The molecule has 0 N–H and O–H groups in total. The summed E-state index contributed by atoms with van der Waals surface area (Å²) in [6.07, 6.45) is 0.882. The van der Waals surface area contributed by atoms with E-state index in [1.54, 1.807) is 11.3 Å². The highest BCUT2D eigenvalue weighted by Crippen LogP contribution is 2.26. The number of hydrogen-bond acceptors (Lipinski definition) is 3. The Balaban J connectivity index is 2.21. The number of ketones is 1. The molecule has 0 saturated carbocycles. The summed E-state index contributed by atoms with van der Waals surface area (Å²) in [5.74, 6) is 0.368. The second-order valence-corrected chi connectivity index (χ2v) is 5.21. The van der Waals surface area contributed by atoms with Crippen molar-refractivity contribution in [2.75, 3.05) is 13.2 Å². The first kappa shape index (κ1) is 9.87. The Morgan fingerprint density at radius 3 is 2.86 bits per heavy atom. The van der Waals surface area contributed by atoms with Crippen LogP contribution in [0, 0.1) is 19.8 Å². The van der Waals surface area contributed by atoms with Gasteiger partial charge in [-0.15, -0.1) is 11.3 Å². The van der Waals surface area contributed by atoms with E-state index in [0.717, 1.165) is 23.5 Å². The molecule has 0 aromatic carbocycles. The summed E-state index contributed by atoms with van der Waals surface area (Å²) in [6.45, 7) is 5.39. The minimum Gasteiger partial charge on any atom is -0.381 e. The zero-order valence-electron chi connectivity index (χ0n) is 8.50. The highest BCUT2D eigenvalue weighted by atomic mass is 32.1. The van der Waals surface area contributed by atoms with Gasteiger partial charge in [0.15, 0.2) is 5.78 Å². The molecule has 1 aliphatic heterocycles. The monoisotopic (exact) mass is 210 g/mol. The van der Waals surface area contributed by atoms with Crippen LogP contribution in [0.4, 0.5) is 0 Å². The van der Waals surface area contributed by atoms with Crippen LogP contribution >= 0.6 is 11.3 Å². The molecule has 2 heterocycles. The first-order valence-corrected chi connectivity index (χ1v) is 5.69. The molecular formula is C11H14O2S. The van der Waals surface area contributed by atoms with Gasteiger partial charge in [0.25, 0.3) is 0 Å². The summed E-state index contributed by atoms with van der Waals surface area (Å²) < 4.78 is 5.23. The number of Topliss-reactive ketones (excluding diaryl/α,β-unsaturated/α-hetero) is 1. The van der Waals surface area contributed by atoms with Crippen molar-refractivity contribution in [1.82, 2.24) is 0 Å². The molecule has 14 heavy (non-hydrogen) atoms. The zero-order chi connectivity index (χ0) is 10.1. The minimum absolute atomic E-state index is 0.0997. The smallest absolute Gasteiger partial charge is 0.169 e. The van der Waals surface area contributed by atoms with Gasteiger partial charge in [0.1, 0.15) is 0 Å². The van der Waals surface area contributed by atoms with Gasteiger partial charge >= 0.3 is 0 Å². The van der Waals surface area contributed by atoms with Crippen LogP contribution in [0.3, 0.4) is 0 Å². The molecule has 1 aromatic rings. The van der Waals surface area contributed by atoms with Crippen molar-refractivity contribution in [2.24, 2.45) is 5.92 Å². The average Bonchev–Trinajstić information content (AvgIpc) is 2.73. The van der Waals surface area contributed by atoms with Crippen LogP contribution in [0.1, 0.15) is 26.5 Å². The van der Waals surface area contributed by atoms with E-state index < -0.39 is 0 Å². The lowest BCUT2D eigenvalue weighted by Crippen LogP contribution is -2.14. The second-order valence-electron chi connectivity index (χ2n) is 3.75. The first-order chi connectivity index (χ1) is 6.68. The van der Waals surface area contributed by atoms with Crippen LogP contribution in [-0.4, -0.2) is 19.0 Å². The highest BCUT2D eigenvalue weighted by Gasteiger charge is 2.26. The van der Waals surface area contributed by atoms with E-state index in [1.807, 2.05) is 19.9 Å². The lowest BCUT2D eigenvalue weighted by molar-refractivity contribution is 0.0900. The molecule has 1 aliphatic rings. The predicted molar refractivity (Wildman–Crippen MR) is 57.0 cm³/mol. The van der Waals surface area contributed by atoms with Gasteiger partial charge in [-0.3, -0.25) is 4.79 Å². The molecule has 3 heteroatoms. The number of carbonyl (C=O) groups excluding carboxylic acids is 1. The molecule has 2 nitrogen and oxygen atoms in total. The van der Waals surface area contributed by atoms with E-state index in [2.05, 4.69) is 0 Å². The number of ether oxygens (including phenoxy) is 1. The molecule has 76 valence electrons. The lowest BCUT2D eigenvalue weighted by Gasteiger charge is -2.04. The van der Waals surface area contributed by atoms with Crippen molar-refractivity contribution in [2.45, 2.75) is 20.3 Å². The Hall–Kier alpha value is -0.670. The van der Waals surface area contributed by atoms with E-state index in [1.165, 1.54) is 4.88 Å². The van der Waals surface area contributed by atoms with Crippen molar-refractivity contribution in [3.63, 3.8) is 0 Å². The molecule has 2 rings (SSSR count). The largest absolute Gasteiger partial charge is 0.381 e. The summed E-state index contributed by atoms with van der Waals surface area (Å²) in [5.41, 5.74) is 0.906. The molecule has 0 radical (unpaired) electrons. The van der Waals surface area contributed by atoms with Gasteiger partial charge in [-0.1, -0.05) is 0 Å². The number of aryl methyl sites for hydroxylation is 2. The quantitative estimate of drug-likeness (QED) is 0.701. The van der Waals surface area contributed by atoms with Crippen LogP contribution in [-0.2, 0) is 4.74 Å².